The number of hydrogen-bond donors (Lipinski definition) is 2. The summed E-state index contributed by atoms with van der Waals surface area (Å²) in [7, 11) is 0. The summed E-state index contributed by atoms with van der Waals surface area (Å²) in [6, 6.07) is 9.07. The van der Waals surface area contributed by atoms with Crippen LogP contribution in [0.25, 0.3) is 0 Å². The molecule has 138 valence electrons. The number of carboxylic acid groups (broad SMARTS) is 1. The second-order valence-corrected chi connectivity index (χ2v) is 7.64. The molecular formula is C20H18FN3O3. The molecule has 3 aliphatic rings. The van der Waals surface area contributed by atoms with E-state index in [1.54, 1.807) is 0 Å². The van der Waals surface area contributed by atoms with Gasteiger partial charge >= 0.3 is 6.09 Å². The Hall–Kier alpha value is -2.96. The molecule has 2 unspecified atom stereocenters. The largest absolute Gasteiger partial charge is 0.465 e. The molecule has 2 saturated carbocycles. The Morgan fingerprint density at radius 1 is 1.19 bits per heavy atom. The lowest BCUT2D eigenvalue weighted by Crippen LogP contribution is -2.37. The molecular weight excluding hydrogens is 349 g/mol. The molecule has 2 amide bonds. The first-order chi connectivity index (χ1) is 13.0. The lowest BCUT2D eigenvalue weighted by atomic mass is 10.0. The molecule has 0 bridgehead atoms. The van der Waals surface area contributed by atoms with Gasteiger partial charge in [0.25, 0.3) is 5.91 Å². The van der Waals surface area contributed by atoms with Crippen molar-refractivity contribution in [3.8, 4) is 0 Å². The van der Waals surface area contributed by atoms with Gasteiger partial charge in [0.2, 0.25) is 0 Å². The maximum absolute atomic E-state index is 13.1. The molecule has 2 heterocycles. The van der Waals surface area contributed by atoms with Gasteiger partial charge in [0.15, 0.2) is 0 Å². The summed E-state index contributed by atoms with van der Waals surface area (Å²) in [5.74, 6) is 0.0222. The maximum Gasteiger partial charge on any atom is 0.411 e. The second kappa shape index (κ2) is 5.52. The number of pyridine rings is 1. The molecule has 7 heteroatoms. The monoisotopic (exact) mass is 367 g/mol. The van der Waals surface area contributed by atoms with Crippen LogP contribution in [0.1, 0.15) is 46.9 Å². The highest BCUT2D eigenvalue weighted by Crippen LogP contribution is 2.55. The van der Waals surface area contributed by atoms with Gasteiger partial charge in [-0.1, -0.05) is 0 Å². The van der Waals surface area contributed by atoms with E-state index in [1.807, 2.05) is 12.1 Å². The molecule has 27 heavy (non-hydrogen) atoms. The summed E-state index contributed by atoms with van der Waals surface area (Å²) in [6.07, 6.45) is 1.56. The molecule has 2 atom stereocenters. The minimum atomic E-state index is -0.957. The van der Waals surface area contributed by atoms with Gasteiger partial charge in [-0.05, 0) is 61.6 Å². The SMILES string of the molecule is O=C(NC1(c2ccc3c(n2)C2CC2CN3C(=O)O)CC1)c1ccc(F)cc1. The van der Waals surface area contributed by atoms with Crippen molar-refractivity contribution >= 4 is 17.7 Å². The minimum absolute atomic E-state index is 0.261. The number of carbonyl (C=O) groups excluding carboxylic acids is 1. The van der Waals surface area contributed by atoms with Crippen molar-refractivity contribution in [2.24, 2.45) is 5.92 Å². The molecule has 2 N–H and O–H groups in total. The number of hydrogen-bond acceptors (Lipinski definition) is 3. The van der Waals surface area contributed by atoms with Crippen molar-refractivity contribution in [1.82, 2.24) is 10.3 Å². The van der Waals surface area contributed by atoms with Crippen LogP contribution < -0.4 is 10.2 Å². The van der Waals surface area contributed by atoms with Crippen molar-refractivity contribution in [2.75, 3.05) is 11.4 Å². The first-order valence-corrected chi connectivity index (χ1v) is 9.07. The number of fused-ring (bicyclic) bond motifs is 3. The number of nitrogens with zero attached hydrogens (tertiary/aromatic N) is 2. The van der Waals surface area contributed by atoms with E-state index in [2.05, 4.69) is 5.32 Å². The molecule has 1 aromatic carbocycles. The third kappa shape index (κ3) is 2.65. The number of rotatable bonds is 3. The highest BCUT2D eigenvalue weighted by Gasteiger charge is 2.51. The first kappa shape index (κ1) is 16.2. The van der Waals surface area contributed by atoms with Gasteiger partial charge in [-0.3, -0.25) is 14.7 Å². The van der Waals surface area contributed by atoms with Crippen LogP contribution in [0.2, 0.25) is 0 Å². The van der Waals surface area contributed by atoms with Crippen LogP contribution in [-0.4, -0.2) is 28.6 Å². The van der Waals surface area contributed by atoms with Crippen molar-refractivity contribution < 1.29 is 19.1 Å². The fourth-order valence-electron chi connectivity index (χ4n) is 3.99. The molecule has 2 fully saturated rings. The zero-order chi connectivity index (χ0) is 18.8. The lowest BCUT2D eigenvalue weighted by molar-refractivity contribution is 0.0929. The van der Waals surface area contributed by atoms with Crippen LogP contribution in [0.5, 0.6) is 0 Å². The highest BCUT2D eigenvalue weighted by atomic mass is 19.1. The number of aromatic nitrogens is 1. The summed E-state index contributed by atoms with van der Waals surface area (Å²) >= 11 is 0. The summed E-state index contributed by atoms with van der Waals surface area (Å²) < 4.78 is 13.1. The summed E-state index contributed by atoms with van der Waals surface area (Å²) in [5.41, 5.74) is 2.14. The third-order valence-corrected chi connectivity index (χ3v) is 5.81. The zero-order valence-corrected chi connectivity index (χ0v) is 14.5. The van der Waals surface area contributed by atoms with Crippen molar-refractivity contribution in [2.45, 2.75) is 30.7 Å². The number of carbonyl (C=O) groups is 2. The van der Waals surface area contributed by atoms with E-state index in [0.29, 0.717) is 29.6 Å². The quantitative estimate of drug-likeness (QED) is 0.872. The third-order valence-electron chi connectivity index (χ3n) is 5.81. The molecule has 1 aliphatic heterocycles. The normalized spacial score (nSPS) is 23.8. The molecule has 0 spiro atoms. The summed E-state index contributed by atoms with van der Waals surface area (Å²) in [5, 5.41) is 12.5. The van der Waals surface area contributed by atoms with E-state index in [0.717, 1.165) is 30.7 Å². The van der Waals surface area contributed by atoms with E-state index in [9.17, 15) is 19.1 Å². The topological polar surface area (TPSA) is 82.5 Å². The zero-order valence-electron chi connectivity index (χ0n) is 14.5. The Labute approximate surface area is 155 Å². The average Bonchev–Trinajstić information content (AvgIpc) is 3.56. The fraction of sp³-hybridized carbons (Fsp3) is 0.350. The fourth-order valence-corrected chi connectivity index (χ4v) is 3.99. The Morgan fingerprint density at radius 3 is 2.59 bits per heavy atom. The van der Waals surface area contributed by atoms with Crippen LogP contribution in [0.4, 0.5) is 14.9 Å². The second-order valence-electron chi connectivity index (χ2n) is 7.64. The number of anilines is 1. The summed E-state index contributed by atoms with van der Waals surface area (Å²) in [6.45, 7) is 0.528. The highest BCUT2D eigenvalue weighted by molar-refractivity contribution is 5.95. The van der Waals surface area contributed by atoms with Crippen LogP contribution >= 0.6 is 0 Å². The van der Waals surface area contributed by atoms with Crippen LogP contribution in [-0.2, 0) is 5.54 Å². The van der Waals surface area contributed by atoms with E-state index in [-0.39, 0.29) is 11.7 Å². The summed E-state index contributed by atoms with van der Waals surface area (Å²) in [4.78, 5) is 30.2. The van der Waals surface area contributed by atoms with Crippen molar-refractivity contribution in [3.05, 3.63) is 59.2 Å². The van der Waals surface area contributed by atoms with Gasteiger partial charge in [0.05, 0.1) is 22.6 Å². The Kier molecular flexibility index (Phi) is 3.32. The van der Waals surface area contributed by atoms with E-state index >= 15 is 0 Å². The van der Waals surface area contributed by atoms with Crippen molar-refractivity contribution in [1.29, 1.82) is 0 Å². The molecule has 2 aliphatic carbocycles. The Morgan fingerprint density at radius 2 is 1.93 bits per heavy atom. The lowest BCUT2D eigenvalue weighted by Gasteiger charge is -2.27. The Bertz CT molecular complexity index is 955. The van der Waals surface area contributed by atoms with Crippen LogP contribution in [0, 0.1) is 11.7 Å². The maximum atomic E-state index is 13.1. The van der Waals surface area contributed by atoms with E-state index in [1.165, 1.54) is 29.2 Å². The smallest absolute Gasteiger partial charge is 0.411 e. The number of halogens is 1. The van der Waals surface area contributed by atoms with Gasteiger partial charge in [0, 0.05) is 18.0 Å². The molecule has 5 rings (SSSR count). The molecule has 0 saturated heterocycles. The predicted octanol–water partition coefficient (Wildman–Crippen LogP) is 3.24. The van der Waals surface area contributed by atoms with Gasteiger partial charge in [-0.25, -0.2) is 9.18 Å². The van der Waals surface area contributed by atoms with Crippen LogP contribution in [0.15, 0.2) is 36.4 Å². The molecule has 6 nitrogen and oxygen atoms in total. The Balaban J connectivity index is 1.43. The van der Waals surface area contributed by atoms with Crippen LogP contribution in [0.3, 0.4) is 0 Å². The van der Waals surface area contributed by atoms with Gasteiger partial charge in [-0.2, -0.15) is 0 Å². The number of amides is 2. The van der Waals surface area contributed by atoms with Crippen molar-refractivity contribution in [3.63, 3.8) is 0 Å². The molecule has 2 aromatic rings. The van der Waals surface area contributed by atoms with E-state index < -0.39 is 11.6 Å². The van der Waals surface area contributed by atoms with Gasteiger partial charge < -0.3 is 10.4 Å². The van der Waals surface area contributed by atoms with E-state index in [4.69, 9.17) is 4.98 Å². The predicted molar refractivity (Wildman–Crippen MR) is 95.2 cm³/mol. The standard InChI is InChI=1S/C20H18FN3O3/c21-13-3-1-11(2-4-13)18(25)23-20(7-8-20)16-6-5-15-17(22-16)14-9-12(14)10-24(15)19(26)27/h1-6,12,14H,7-10H2,(H,23,25)(H,26,27). The molecule has 1 aromatic heterocycles. The molecule has 0 radical (unpaired) electrons. The number of benzene rings is 1. The van der Waals surface area contributed by atoms with Gasteiger partial charge in [0.1, 0.15) is 5.82 Å². The number of nitrogens with one attached hydrogen (secondary N) is 1. The van der Waals surface area contributed by atoms with Gasteiger partial charge in [-0.15, -0.1) is 0 Å². The first-order valence-electron chi connectivity index (χ1n) is 9.07. The average molecular weight is 367 g/mol. The minimum Gasteiger partial charge on any atom is -0.465 e.